The molecule has 0 unspecified atom stereocenters. The monoisotopic (exact) mass is 195 g/mol. The van der Waals surface area contributed by atoms with Crippen LogP contribution in [0.15, 0.2) is 17.0 Å². The van der Waals surface area contributed by atoms with Crippen molar-refractivity contribution in [2.24, 2.45) is 5.73 Å². The quantitative estimate of drug-likeness (QED) is 0.789. The van der Waals surface area contributed by atoms with Crippen LogP contribution in [0, 0.1) is 6.92 Å². The summed E-state index contributed by atoms with van der Waals surface area (Å²) in [6.45, 7) is 2.34. The van der Waals surface area contributed by atoms with Crippen LogP contribution in [0.25, 0.3) is 10.6 Å². The van der Waals surface area contributed by atoms with E-state index in [4.69, 9.17) is 10.2 Å². The van der Waals surface area contributed by atoms with Crippen LogP contribution in [0.3, 0.4) is 0 Å². The van der Waals surface area contributed by atoms with Gasteiger partial charge in [0, 0.05) is 12.7 Å². The second-order valence-corrected chi connectivity index (χ2v) is 3.81. The van der Waals surface area contributed by atoms with Crippen LogP contribution < -0.4 is 5.73 Å². The summed E-state index contributed by atoms with van der Waals surface area (Å²) in [5.41, 5.74) is 6.28. The minimum absolute atomic E-state index is 0.392. The Balaban J connectivity index is 2.45. The van der Waals surface area contributed by atoms with Crippen molar-refractivity contribution in [2.45, 2.75) is 13.5 Å². The summed E-state index contributed by atoms with van der Waals surface area (Å²) < 4.78 is 5.23. The fourth-order valence-electron chi connectivity index (χ4n) is 1.08. The van der Waals surface area contributed by atoms with Crippen molar-refractivity contribution in [3.63, 3.8) is 0 Å². The number of hydrogen-bond donors (Lipinski definition) is 1. The molecule has 5 heteroatoms. The van der Waals surface area contributed by atoms with E-state index in [0.717, 1.165) is 21.3 Å². The third-order valence-corrected chi connectivity index (χ3v) is 2.59. The maximum Gasteiger partial charge on any atom is 0.181 e. The van der Waals surface area contributed by atoms with Gasteiger partial charge in [-0.2, -0.15) is 0 Å². The SMILES string of the molecule is Cc1ncc(-c2ocnc2CN)s1. The van der Waals surface area contributed by atoms with Gasteiger partial charge in [-0.25, -0.2) is 9.97 Å². The van der Waals surface area contributed by atoms with Crippen molar-refractivity contribution >= 4 is 11.3 Å². The van der Waals surface area contributed by atoms with Gasteiger partial charge >= 0.3 is 0 Å². The predicted octanol–water partition coefficient (Wildman–Crippen LogP) is 1.57. The molecule has 2 heterocycles. The molecule has 0 atom stereocenters. The summed E-state index contributed by atoms with van der Waals surface area (Å²) in [7, 11) is 0. The van der Waals surface area contributed by atoms with Crippen molar-refractivity contribution in [1.29, 1.82) is 0 Å². The standard InChI is InChI=1S/C8H9N3OS/c1-5-10-3-7(13-5)8-6(2-9)11-4-12-8/h3-4H,2,9H2,1H3. The minimum atomic E-state index is 0.392. The van der Waals surface area contributed by atoms with Crippen LogP contribution in [-0.2, 0) is 6.54 Å². The van der Waals surface area contributed by atoms with E-state index in [-0.39, 0.29) is 0 Å². The number of rotatable bonds is 2. The second-order valence-electron chi connectivity index (χ2n) is 2.58. The van der Waals surface area contributed by atoms with Crippen LogP contribution in [-0.4, -0.2) is 9.97 Å². The molecule has 0 bridgehead atoms. The van der Waals surface area contributed by atoms with Gasteiger partial charge in [0.25, 0.3) is 0 Å². The van der Waals surface area contributed by atoms with Crippen molar-refractivity contribution in [3.8, 4) is 10.6 Å². The Hall–Kier alpha value is -1.20. The van der Waals surface area contributed by atoms with Gasteiger partial charge in [0.15, 0.2) is 12.2 Å². The molecule has 4 nitrogen and oxygen atoms in total. The number of aromatic nitrogens is 2. The molecule has 2 rings (SSSR count). The lowest BCUT2D eigenvalue weighted by molar-refractivity contribution is 0.572. The lowest BCUT2D eigenvalue weighted by atomic mass is 10.3. The zero-order valence-electron chi connectivity index (χ0n) is 7.15. The highest BCUT2D eigenvalue weighted by Gasteiger charge is 2.11. The maximum atomic E-state index is 5.50. The first kappa shape index (κ1) is 8.40. The minimum Gasteiger partial charge on any atom is -0.442 e. The normalized spacial score (nSPS) is 10.6. The molecule has 0 aliphatic rings. The van der Waals surface area contributed by atoms with E-state index in [1.54, 1.807) is 17.5 Å². The molecule has 68 valence electrons. The summed E-state index contributed by atoms with van der Waals surface area (Å²) >= 11 is 1.57. The Morgan fingerprint density at radius 3 is 3.00 bits per heavy atom. The third-order valence-electron chi connectivity index (χ3n) is 1.68. The number of aryl methyl sites for hydroxylation is 1. The van der Waals surface area contributed by atoms with Gasteiger partial charge in [0.2, 0.25) is 0 Å². The smallest absolute Gasteiger partial charge is 0.181 e. The van der Waals surface area contributed by atoms with Gasteiger partial charge in [0.1, 0.15) is 5.69 Å². The lowest BCUT2D eigenvalue weighted by Crippen LogP contribution is -1.97. The molecule has 0 saturated heterocycles. The molecule has 0 radical (unpaired) electrons. The molecule has 0 aliphatic heterocycles. The molecular weight excluding hydrogens is 186 g/mol. The van der Waals surface area contributed by atoms with E-state index < -0.39 is 0 Å². The van der Waals surface area contributed by atoms with Crippen LogP contribution in [0.2, 0.25) is 0 Å². The van der Waals surface area contributed by atoms with Gasteiger partial charge in [0.05, 0.1) is 9.88 Å². The zero-order valence-corrected chi connectivity index (χ0v) is 7.97. The molecule has 0 aliphatic carbocycles. The zero-order chi connectivity index (χ0) is 9.26. The topological polar surface area (TPSA) is 64.9 Å². The molecule has 0 saturated carbocycles. The first-order valence-electron chi connectivity index (χ1n) is 3.86. The van der Waals surface area contributed by atoms with Gasteiger partial charge in [-0.05, 0) is 6.92 Å². The summed E-state index contributed by atoms with van der Waals surface area (Å²) in [6.07, 6.45) is 3.19. The number of nitrogens with zero attached hydrogens (tertiary/aromatic N) is 2. The van der Waals surface area contributed by atoms with Crippen molar-refractivity contribution < 1.29 is 4.42 Å². The van der Waals surface area contributed by atoms with Gasteiger partial charge in [-0.15, -0.1) is 11.3 Å². The van der Waals surface area contributed by atoms with E-state index in [0.29, 0.717) is 6.54 Å². The van der Waals surface area contributed by atoms with Crippen LogP contribution in [0.1, 0.15) is 10.7 Å². The van der Waals surface area contributed by atoms with Crippen molar-refractivity contribution in [1.82, 2.24) is 9.97 Å². The van der Waals surface area contributed by atoms with Gasteiger partial charge in [-0.1, -0.05) is 0 Å². The fraction of sp³-hybridized carbons (Fsp3) is 0.250. The Morgan fingerprint density at radius 1 is 1.54 bits per heavy atom. The Kier molecular flexibility index (Phi) is 2.12. The largest absolute Gasteiger partial charge is 0.442 e. The number of nitrogens with two attached hydrogens (primary N) is 1. The number of thiazole rings is 1. The Labute approximate surface area is 79.4 Å². The highest BCUT2D eigenvalue weighted by molar-refractivity contribution is 7.15. The van der Waals surface area contributed by atoms with E-state index in [2.05, 4.69) is 9.97 Å². The van der Waals surface area contributed by atoms with E-state index in [9.17, 15) is 0 Å². The molecule has 2 N–H and O–H groups in total. The van der Waals surface area contributed by atoms with Crippen molar-refractivity contribution in [2.75, 3.05) is 0 Å². The number of hydrogen-bond acceptors (Lipinski definition) is 5. The molecule has 2 aromatic heterocycles. The Morgan fingerprint density at radius 2 is 2.38 bits per heavy atom. The summed E-state index contributed by atoms with van der Waals surface area (Å²) in [4.78, 5) is 9.13. The molecule has 0 amide bonds. The molecule has 2 aromatic rings. The van der Waals surface area contributed by atoms with Crippen LogP contribution in [0.5, 0.6) is 0 Å². The Bertz CT molecular complexity index is 407. The van der Waals surface area contributed by atoms with Crippen LogP contribution in [0.4, 0.5) is 0 Å². The second kappa shape index (κ2) is 3.27. The fourth-order valence-corrected chi connectivity index (χ4v) is 1.87. The molecule has 0 aromatic carbocycles. The first-order chi connectivity index (χ1) is 6.31. The highest BCUT2D eigenvalue weighted by atomic mass is 32.1. The third kappa shape index (κ3) is 1.48. The molecule has 0 fully saturated rings. The highest BCUT2D eigenvalue weighted by Crippen LogP contribution is 2.27. The molecule has 0 spiro atoms. The predicted molar refractivity (Wildman–Crippen MR) is 50.2 cm³/mol. The van der Waals surface area contributed by atoms with Crippen LogP contribution >= 0.6 is 11.3 Å². The van der Waals surface area contributed by atoms with E-state index in [1.165, 1.54) is 6.39 Å². The lowest BCUT2D eigenvalue weighted by Gasteiger charge is -1.91. The summed E-state index contributed by atoms with van der Waals surface area (Å²) in [6, 6.07) is 0. The van der Waals surface area contributed by atoms with E-state index in [1.807, 2.05) is 6.92 Å². The number of oxazole rings is 1. The van der Waals surface area contributed by atoms with Crippen molar-refractivity contribution in [3.05, 3.63) is 23.3 Å². The van der Waals surface area contributed by atoms with Gasteiger partial charge in [-0.3, -0.25) is 0 Å². The first-order valence-corrected chi connectivity index (χ1v) is 4.68. The maximum absolute atomic E-state index is 5.50. The summed E-state index contributed by atoms with van der Waals surface area (Å²) in [5, 5.41) is 1.01. The van der Waals surface area contributed by atoms with E-state index >= 15 is 0 Å². The average Bonchev–Trinajstić information content (AvgIpc) is 2.71. The average molecular weight is 195 g/mol. The van der Waals surface area contributed by atoms with Gasteiger partial charge < -0.3 is 10.2 Å². The summed E-state index contributed by atoms with van der Waals surface area (Å²) in [5.74, 6) is 0.744. The molecule has 13 heavy (non-hydrogen) atoms. The molecular formula is C8H9N3OS.